The Bertz CT molecular complexity index is 495. The third kappa shape index (κ3) is 4.43. The van der Waals surface area contributed by atoms with Gasteiger partial charge in [0.2, 0.25) is 0 Å². The van der Waals surface area contributed by atoms with Gasteiger partial charge in [0.1, 0.15) is 5.84 Å². The minimum Gasteiger partial charge on any atom is -0.384 e. The van der Waals surface area contributed by atoms with E-state index in [-0.39, 0.29) is 5.84 Å². The normalized spacial score (nSPS) is 16.5. The van der Waals surface area contributed by atoms with E-state index in [1.165, 1.54) is 0 Å². The van der Waals surface area contributed by atoms with Crippen molar-refractivity contribution in [2.24, 2.45) is 5.73 Å². The first-order valence-electron chi connectivity index (χ1n) is 7.23. The lowest BCUT2D eigenvalue weighted by Gasteiger charge is -2.37. The van der Waals surface area contributed by atoms with Gasteiger partial charge in [0.25, 0.3) is 0 Å². The van der Waals surface area contributed by atoms with Crippen LogP contribution in [0.3, 0.4) is 0 Å². The molecule has 0 atom stereocenters. The van der Waals surface area contributed by atoms with E-state index in [1.807, 2.05) is 12.1 Å². The monoisotopic (exact) mass is 353 g/mol. The number of halogens is 1. The number of hydrogen-bond donors (Lipinski definition) is 2. The molecule has 0 unspecified atom stereocenters. The Morgan fingerprint density at radius 3 is 2.52 bits per heavy atom. The van der Waals surface area contributed by atoms with Crippen LogP contribution in [0.15, 0.2) is 22.7 Å². The van der Waals surface area contributed by atoms with Crippen LogP contribution < -0.4 is 10.6 Å². The zero-order valence-corrected chi connectivity index (χ0v) is 14.4. The van der Waals surface area contributed by atoms with Crippen LogP contribution >= 0.6 is 15.9 Å². The Hall–Kier alpha value is -1.11. The maximum atomic E-state index is 7.76. The quantitative estimate of drug-likeness (QED) is 0.620. The topological polar surface area (TPSA) is 59.6 Å². The summed E-state index contributed by atoms with van der Waals surface area (Å²) in [7, 11) is 4.22. The van der Waals surface area contributed by atoms with Gasteiger partial charge in [-0.05, 0) is 32.3 Å². The zero-order chi connectivity index (χ0) is 15.4. The minimum absolute atomic E-state index is 0.126. The molecule has 1 aromatic carbocycles. The molecule has 0 bridgehead atoms. The van der Waals surface area contributed by atoms with E-state index in [2.05, 4.69) is 50.8 Å². The summed E-state index contributed by atoms with van der Waals surface area (Å²) in [6, 6.07) is 5.99. The standard InChI is InChI=1S/C15H24BrN5/c1-19(2)5-6-20-7-9-21(10-8-20)14-4-3-12(16)11-13(14)15(17)18/h3-4,11H,5-10H2,1-2H3,(H3,17,18). The molecule has 21 heavy (non-hydrogen) atoms. The van der Waals surface area contributed by atoms with Crippen molar-refractivity contribution in [2.75, 3.05) is 58.3 Å². The second kappa shape index (κ2) is 7.24. The van der Waals surface area contributed by atoms with Gasteiger partial charge in [-0.1, -0.05) is 15.9 Å². The number of nitrogen functional groups attached to an aromatic ring is 1. The van der Waals surface area contributed by atoms with Crippen molar-refractivity contribution in [2.45, 2.75) is 0 Å². The van der Waals surface area contributed by atoms with Crippen LogP contribution in [0.2, 0.25) is 0 Å². The van der Waals surface area contributed by atoms with Gasteiger partial charge in [-0.2, -0.15) is 0 Å². The van der Waals surface area contributed by atoms with Gasteiger partial charge in [0.05, 0.1) is 0 Å². The second-order valence-electron chi connectivity index (χ2n) is 5.71. The van der Waals surface area contributed by atoms with Crippen LogP contribution in [0, 0.1) is 5.41 Å². The average Bonchev–Trinajstić information content (AvgIpc) is 2.45. The largest absolute Gasteiger partial charge is 0.384 e. The number of piperazine rings is 1. The van der Waals surface area contributed by atoms with E-state index in [4.69, 9.17) is 11.1 Å². The van der Waals surface area contributed by atoms with Crippen LogP contribution in [0.5, 0.6) is 0 Å². The average molecular weight is 354 g/mol. The molecular weight excluding hydrogens is 330 g/mol. The van der Waals surface area contributed by atoms with E-state index >= 15 is 0 Å². The summed E-state index contributed by atoms with van der Waals surface area (Å²) in [5.41, 5.74) is 7.60. The second-order valence-corrected chi connectivity index (χ2v) is 6.62. The molecule has 0 spiro atoms. The Labute approximate surface area is 135 Å². The fourth-order valence-corrected chi connectivity index (χ4v) is 2.91. The van der Waals surface area contributed by atoms with Crippen molar-refractivity contribution in [3.63, 3.8) is 0 Å². The number of amidine groups is 1. The summed E-state index contributed by atoms with van der Waals surface area (Å²) in [4.78, 5) is 7.03. The van der Waals surface area contributed by atoms with Crippen LogP contribution in [0.25, 0.3) is 0 Å². The number of hydrogen-bond acceptors (Lipinski definition) is 4. The van der Waals surface area contributed by atoms with Crippen LogP contribution in [-0.4, -0.2) is 69.0 Å². The summed E-state index contributed by atoms with van der Waals surface area (Å²) < 4.78 is 0.959. The van der Waals surface area contributed by atoms with Gasteiger partial charge < -0.3 is 15.5 Å². The predicted octanol–water partition coefficient (Wildman–Crippen LogP) is 1.42. The molecule has 2 rings (SSSR count). The first-order valence-corrected chi connectivity index (χ1v) is 8.02. The van der Waals surface area contributed by atoms with Crippen molar-refractivity contribution in [1.29, 1.82) is 5.41 Å². The van der Waals surface area contributed by atoms with E-state index in [1.54, 1.807) is 0 Å². The molecule has 6 heteroatoms. The van der Waals surface area contributed by atoms with Crippen LogP contribution in [0.4, 0.5) is 5.69 Å². The molecular formula is C15H24BrN5. The number of nitrogens with two attached hydrogens (primary N) is 1. The van der Waals surface area contributed by atoms with Crippen LogP contribution in [-0.2, 0) is 0 Å². The Morgan fingerprint density at radius 1 is 1.29 bits per heavy atom. The number of nitrogens with zero attached hydrogens (tertiary/aromatic N) is 3. The SMILES string of the molecule is CN(C)CCN1CCN(c2ccc(Br)cc2C(=N)N)CC1. The number of rotatable bonds is 5. The molecule has 1 heterocycles. The van der Waals surface area contributed by atoms with E-state index in [9.17, 15) is 0 Å². The van der Waals surface area contributed by atoms with Gasteiger partial charge in [-0.15, -0.1) is 0 Å². The highest BCUT2D eigenvalue weighted by molar-refractivity contribution is 9.10. The Kier molecular flexibility index (Phi) is 5.61. The summed E-state index contributed by atoms with van der Waals surface area (Å²) in [5, 5.41) is 7.76. The molecule has 1 aromatic rings. The molecule has 1 fully saturated rings. The molecule has 0 radical (unpaired) electrons. The molecule has 1 aliphatic heterocycles. The summed E-state index contributed by atoms with van der Waals surface area (Å²) >= 11 is 3.45. The smallest absolute Gasteiger partial charge is 0.124 e. The first-order chi connectivity index (χ1) is 9.97. The molecule has 0 aromatic heterocycles. The molecule has 1 aliphatic rings. The van der Waals surface area contributed by atoms with Gasteiger partial charge in [-0.3, -0.25) is 10.3 Å². The summed E-state index contributed by atoms with van der Waals surface area (Å²) in [6.07, 6.45) is 0. The molecule has 0 aliphatic carbocycles. The van der Waals surface area contributed by atoms with Crippen molar-refractivity contribution in [1.82, 2.24) is 9.80 Å². The van der Waals surface area contributed by atoms with Gasteiger partial charge in [0, 0.05) is 55.0 Å². The molecule has 5 nitrogen and oxygen atoms in total. The Balaban J connectivity index is 2.01. The van der Waals surface area contributed by atoms with Crippen molar-refractivity contribution in [3.05, 3.63) is 28.2 Å². The molecule has 0 amide bonds. The van der Waals surface area contributed by atoms with Crippen molar-refractivity contribution in [3.8, 4) is 0 Å². The third-order valence-electron chi connectivity index (χ3n) is 3.83. The Morgan fingerprint density at radius 2 is 1.95 bits per heavy atom. The molecule has 1 saturated heterocycles. The molecule has 116 valence electrons. The van der Waals surface area contributed by atoms with Gasteiger partial charge in [-0.25, -0.2) is 0 Å². The molecule has 0 saturated carbocycles. The summed E-state index contributed by atoms with van der Waals surface area (Å²) in [5.74, 6) is 0.126. The highest BCUT2D eigenvalue weighted by Crippen LogP contribution is 2.25. The lowest BCUT2D eigenvalue weighted by molar-refractivity contribution is 0.229. The fraction of sp³-hybridized carbons (Fsp3) is 0.533. The highest BCUT2D eigenvalue weighted by Gasteiger charge is 2.20. The lowest BCUT2D eigenvalue weighted by atomic mass is 10.1. The fourth-order valence-electron chi connectivity index (χ4n) is 2.55. The van der Waals surface area contributed by atoms with Gasteiger partial charge in [0.15, 0.2) is 0 Å². The first kappa shape index (κ1) is 16.3. The van der Waals surface area contributed by atoms with Crippen LogP contribution in [0.1, 0.15) is 5.56 Å². The van der Waals surface area contributed by atoms with E-state index in [0.717, 1.165) is 55.0 Å². The number of likely N-dealkylation sites (N-methyl/N-ethyl adjacent to an activating group) is 1. The molecule has 3 N–H and O–H groups in total. The van der Waals surface area contributed by atoms with E-state index in [0.29, 0.717) is 0 Å². The summed E-state index contributed by atoms with van der Waals surface area (Å²) in [6.45, 7) is 6.28. The van der Waals surface area contributed by atoms with Crippen molar-refractivity contribution >= 4 is 27.5 Å². The van der Waals surface area contributed by atoms with E-state index < -0.39 is 0 Å². The highest BCUT2D eigenvalue weighted by atomic mass is 79.9. The van der Waals surface area contributed by atoms with Crippen molar-refractivity contribution < 1.29 is 0 Å². The zero-order valence-electron chi connectivity index (χ0n) is 12.8. The maximum Gasteiger partial charge on any atom is 0.124 e. The number of anilines is 1. The third-order valence-corrected chi connectivity index (χ3v) is 4.32. The van der Waals surface area contributed by atoms with Gasteiger partial charge >= 0.3 is 0 Å². The minimum atomic E-state index is 0.126. The lowest BCUT2D eigenvalue weighted by Crippen LogP contribution is -2.48. The predicted molar refractivity (Wildman–Crippen MR) is 92.4 cm³/mol. The maximum absolute atomic E-state index is 7.76. The number of nitrogens with one attached hydrogen (secondary N) is 1. The number of benzene rings is 1.